The molecule has 32 heavy (non-hydrogen) atoms. The van der Waals surface area contributed by atoms with Gasteiger partial charge in [-0.05, 0) is 49.6 Å². The molecule has 1 aromatic heterocycles. The lowest BCUT2D eigenvalue weighted by Gasteiger charge is -2.16. The molecule has 0 radical (unpaired) electrons. The van der Waals surface area contributed by atoms with Crippen molar-refractivity contribution in [2.45, 2.75) is 43.5 Å². The van der Waals surface area contributed by atoms with Crippen molar-refractivity contribution in [1.29, 1.82) is 0 Å². The third kappa shape index (κ3) is 4.71. The van der Waals surface area contributed by atoms with Crippen LogP contribution in [0.5, 0.6) is 5.75 Å². The molecule has 1 saturated carbocycles. The molecule has 0 amide bonds. The highest BCUT2D eigenvalue weighted by molar-refractivity contribution is 7.89. The number of anilines is 1. The molecular formula is C24H28N4O3S. The summed E-state index contributed by atoms with van der Waals surface area (Å²) in [5, 5.41) is 7.84. The Labute approximate surface area is 189 Å². The number of hydrogen-bond donors (Lipinski definition) is 2. The SMILES string of the molecule is C=C(Nc1cc(S(=O)(=O)NC2CC2)ccc1OC)c1cnn(-c2ccccc2)c1CCC. The molecule has 1 aliphatic rings. The van der Waals surface area contributed by atoms with E-state index in [4.69, 9.17) is 4.74 Å². The fourth-order valence-electron chi connectivity index (χ4n) is 3.57. The number of methoxy groups -OCH3 is 1. The van der Waals surface area contributed by atoms with E-state index in [1.165, 1.54) is 0 Å². The van der Waals surface area contributed by atoms with Crippen LogP contribution in [0.15, 0.2) is 66.2 Å². The standard InChI is InChI=1S/C24H28N4O3S/c1-4-8-23-21(16-25-28(23)19-9-6-5-7-10-19)17(2)26-22-15-20(13-14-24(22)31-3)32(29,30)27-18-11-12-18/h5-7,9-10,13-16,18,26-27H,2,4,8,11-12H2,1,3H3. The van der Waals surface area contributed by atoms with Gasteiger partial charge in [0.1, 0.15) is 5.75 Å². The molecule has 1 heterocycles. The van der Waals surface area contributed by atoms with Crippen LogP contribution in [0.25, 0.3) is 11.4 Å². The van der Waals surface area contributed by atoms with Crippen LogP contribution >= 0.6 is 0 Å². The average Bonchev–Trinajstić information content (AvgIpc) is 3.49. The fourth-order valence-corrected chi connectivity index (χ4v) is 4.90. The van der Waals surface area contributed by atoms with Crippen molar-refractivity contribution in [3.8, 4) is 11.4 Å². The molecule has 8 heteroatoms. The molecule has 7 nitrogen and oxygen atoms in total. The van der Waals surface area contributed by atoms with Crippen LogP contribution in [0.4, 0.5) is 5.69 Å². The van der Waals surface area contributed by atoms with Gasteiger partial charge in [-0.25, -0.2) is 17.8 Å². The molecule has 1 aliphatic carbocycles. The summed E-state index contributed by atoms with van der Waals surface area (Å²) in [6.07, 6.45) is 5.31. The first-order valence-corrected chi connectivity index (χ1v) is 12.2. The summed E-state index contributed by atoms with van der Waals surface area (Å²) in [4.78, 5) is 0.189. The molecule has 0 unspecified atom stereocenters. The summed E-state index contributed by atoms with van der Waals surface area (Å²) in [7, 11) is -2.03. The summed E-state index contributed by atoms with van der Waals surface area (Å²) in [5.41, 5.74) is 4.05. The van der Waals surface area contributed by atoms with E-state index in [1.807, 2.05) is 35.0 Å². The van der Waals surface area contributed by atoms with Crippen LogP contribution in [0.3, 0.4) is 0 Å². The quantitative estimate of drug-likeness (QED) is 0.478. The third-order valence-electron chi connectivity index (χ3n) is 5.35. The zero-order valence-corrected chi connectivity index (χ0v) is 19.2. The number of aromatic nitrogens is 2. The minimum atomic E-state index is -3.59. The normalized spacial score (nSPS) is 13.7. The highest BCUT2D eigenvalue weighted by atomic mass is 32.2. The lowest BCUT2D eigenvalue weighted by atomic mass is 10.1. The summed E-state index contributed by atoms with van der Waals surface area (Å²) < 4.78 is 35.4. The van der Waals surface area contributed by atoms with E-state index in [9.17, 15) is 8.42 Å². The fraction of sp³-hybridized carbons (Fsp3) is 0.292. The highest BCUT2D eigenvalue weighted by Gasteiger charge is 2.28. The van der Waals surface area contributed by atoms with Crippen molar-refractivity contribution in [3.63, 3.8) is 0 Å². The van der Waals surface area contributed by atoms with E-state index < -0.39 is 10.0 Å². The first-order valence-electron chi connectivity index (χ1n) is 10.7. The molecule has 0 bridgehead atoms. The second kappa shape index (κ2) is 9.18. The van der Waals surface area contributed by atoms with E-state index in [1.54, 1.807) is 31.5 Å². The van der Waals surface area contributed by atoms with Crippen LogP contribution in [0.1, 0.15) is 37.4 Å². The third-order valence-corrected chi connectivity index (χ3v) is 6.87. The number of ether oxygens (including phenoxy) is 1. The van der Waals surface area contributed by atoms with Gasteiger partial charge in [0.25, 0.3) is 0 Å². The average molecular weight is 453 g/mol. The van der Waals surface area contributed by atoms with Crippen molar-refractivity contribution < 1.29 is 13.2 Å². The minimum Gasteiger partial charge on any atom is -0.495 e. The van der Waals surface area contributed by atoms with Gasteiger partial charge in [0.05, 0.1) is 35.3 Å². The van der Waals surface area contributed by atoms with Gasteiger partial charge in [0, 0.05) is 17.3 Å². The number of rotatable bonds is 10. The number of nitrogens with zero attached hydrogens (tertiary/aromatic N) is 2. The topological polar surface area (TPSA) is 85.2 Å². The first-order chi connectivity index (χ1) is 15.4. The number of hydrogen-bond acceptors (Lipinski definition) is 5. The van der Waals surface area contributed by atoms with Gasteiger partial charge >= 0.3 is 0 Å². The molecule has 4 rings (SSSR count). The maximum atomic E-state index is 12.7. The maximum absolute atomic E-state index is 12.7. The van der Waals surface area contributed by atoms with Crippen LogP contribution in [-0.2, 0) is 16.4 Å². The molecule has 2 aromatic carbocycles. The molecule has 0 aliphatic heterocycles. The van der Waals surface area contributed by atoms with Crippen LogP contribution < -0.4 is 14.8 Å². The Morgan fingerprint density at radius 2 is 1.97 bits per heavy atom. The van der Waals surface area contributed by atoms with Crippen molar-refractivity contribution in [2.24, 2.45) is 0 Å². The second-order valence-electron chi connectivity index (χ2n) is 7.86. The Morgan fingerprint density at radius 3 is 2.62 bits per heavy atom. The van der Waals surface area contributed by atoms with E-state index in [0.717, 1.165) is 42.6 Å². The Kier molecular flexibility index (Phi) is 6.34. The molecule has 2 N–H and O–H groups in total. The largest absolute Gasteiger partial charge is 0.495 e. The van der Waals surface area contributed by atoms with E-state index in [0.29, 0.717) is 17.1 Å². The summed E-state index contributed by atoms with van der Waals surface area (Å²) in [6.45, 7) is 6.33. The zero-order chi connectivity index (χ0) is 22.7. The van der Waals surface area contributed by atoms with E-state index >= 15 is 0 Å². The van der Waals surface area contributed by atoms with Gasteiger partial charge in [-0.3, -0.25) is 0 Å². The minimum absolute atomic E-state index is 0.0360. The van der Waals surface area contributed by atoms with Crippen molar-refractivity contribution in [3.05, 3.63) is 72.6 Å². The smallest absolute Gasteiger partial charge is 0.240 e. The van der Waals surface area contributed by atoms with Gasteiger partial charge in [-0.1, -0.05) is 38.1 Å². The number of para-hydroxylation sites is 1. The number of sulfonamides is 1. The first kappa shape index (κ1) is 22.1. The molecule has 0 atom stereocenters. The highest BCUT2D eigenvalue weighted by Crippen LogP contribution is 2.32. The second-order valence-corrected chi connectivity index (χ2v) is 9.58. The summed E-state index contributed by atoms with van der Waals surface area (Å²) in [6, 6.07) is 14.8. The van der Waals surface area contributed by atoms with Gasteiger partial charge in [-0.2, -0.15) is 5.10 Å². The molecule has 1 fully saturated rings. The summed E-state index contributed by atoms with van der Waals surface area (Å²) >= 11 is 0. The van der Waals surface area contributed by atoms with E-state index in [2.05, 4.69) is 28.6 Å². The predicted molar refractivity (Wildman–Crippen MR) is 127 cm³/mol. The van der Waals surface area contributed by atoms with Gasteiger partial charge in [0.15, 0.2) is 0 Å². The van der Waals surface area contributed by atoms with E-state index in [-0.39, 0.29) is 10.9 Å². The van der Waals surface area contributed by atoms with Crippen LogP contribution in [0, 0.1) is 0 Å². The Balaban J connectivity index is 1.65. The molecule has 0 saturated heterocycles. The van der Waals surface area contributed by atoms with Crippen molar-refractivity contribution in [1.82, 2.24) is 14.5 Å². The molecule has 0 spiro atoms. The summed E-state index contributed by atoms with van der Waals surface area (Å²) in [5.74, 6) is 0.531. The van der Waals surface area contributed by atoms with Crippen LogP contribution in [0.2, 0.25) is 0 Å². The number of benzene rings is 2. The Morgan fingerprint density at radius 1 is 1.22 bits per heavy atom. The van der Waals surface area contributed by atoms with Gasteiger partial charge in [0.2, 0.25) is 10.0 Å². The number of nitrogens with one attached hydrogen (secondary N) is 2. The van der Waals surface area contributed by atoms with Crippen molar-refractivity contribution >= 4 is 21.4 Å². The molecule has 3 aromatic rings. The lowest BCUT2D eigenvalue weighted by Crippen LogP contribution is -2.25. The Hall–Kier alpha value is -3.10. The lowest BCUT2D eigenvalue weighted by molar-refractivity contribution is 0.416. The van der Waals surface area contributed by atoms with Gasteiger partial charge in [-0.15, -0.1) is 0 Å². The monoisotopic (exact) mass is 452 g/mol. The maximum Gasteiger partial charge on any atom is 0.240 e. The Bertz CT molecular complexity index is 1220. The zero-order valence-electron chi connectivity index (χ0n) is 18.3. The van der Waals surface area contributed by atoms with Crippen molar-refractivity contribution in [2.75, 3.05) is 12.4 Å². The molecule has 168 valence electrons. The van der Waals surface area contributed by atoms with Crippen LogP contribution in [-0.4, -0.2) is 31.3 Å². The van der Waals surface area contributed by atoms with Gasteiger partial charge < -0.3 is 10.1 Å². The molecular weight excluding hydrogens is 424 g/mol. The predicted octanol–water partition coefficient (Wildman–Crippen LogP) is 4.36.